The fourth-order valence-electron chi connectivity index (χ4n) is 2.17. The molecular weight excluding hydrogens is 304 g/mol. The van der Waals surface area contributed by atoms with E-state index in [1.54, 1.807) is 9.69 Å². The van der Waals surface area contributed by atoms with Gasteiger partial charge in [0.05, 0.1) is 4.90 Å². The molecule has 1 heterocycles. The van der Waals surface area contributed by atoms with Gasteiger partial charge in [-0.3, -0.25) is 0 Å². The maximum atomic E-state index is 12.8. The first-order chi connectivity index (χ1) is 9.80. The maximum Gasteiger partial charge on any atom is 0.244 e. The summed E-state index contributed by atoms with van der Waals surface area (Å²) in [6, 6.07) is 2.22. The van der Waals surface area contributed by atoms with E-state index < -0.39 is 10.0 Å². The Morgan fingerprint density at radius 3 is 2.52 bits per heavy atom. The number of nitrogens with one attached hydrogen (secondary N) is 1. The van der Waals surface area contributed by atoms with E-state index in [4.69, 9.17) is 0 Å². The summed E-state index contributed by atoms with van der Waals surface area (Å²) in [5, 5.41) is 5.10. The second-order valence-corrected chi connectivity index (χ2v) is 9.28. The average Bonchev–Trinajstić information content (AvgIpc) is 3.08. The lowest BCUT2D eigenvalue weighted by atomic mass is 10.3. The van der Waals surface area contributed by atoms with Gasteiger partial charge in [0.25, 0.3) is 0 Å². The van der Waals surface area contributed by atoms with Crippen molar-refractivity contribution < 1.29 is 8.42 Å². The zero-order valence-corrected chi connectivity index (χ0v) is 14.9. The smallest absolute Gasteiger partial charge is 0.244 e. The summed E-state index contributed by atoms with van der Waals surface area (Å²) in [4.78, 5) is 1.51. The van der Waals surface area contributed by atoms with Crippen molar-refractivity contribution in [2.45, 2.75) is 64.1 Å². The van der Waals surface area contributed by atoms with Crippen LogP contribution in [0.3, 0.4) is 0 Å². The van der Waals surface area contributed by atoms with Gasteiger partial charge in [-0.25, -0.2) is 8.42 Å². The highest BCUT2D eigenvalue weighted by Crippen LogP contribution is 2.33. The van der Waals surface area contributed by atoms with Crippen LogP contribution in [-0.2, 0) is 16.6 Å². The fraction of sp³-hybridized carbons (Fsp3) is 0.733. The van der Waals surface area contributed by atoms with Crippen molar-refractivity contribution in [3.8, 4) is 0 Å². The SMILES string of the molecule is CC(C)NCc1cc(S(=O)(=O)N(CC2CC2)C(C)C)cs1. The van der Waals surface area contributed by atoms with E-state index in [1.807, 2.05) is 19.9 Å². The van der Waals surface area contributed by atoms with Gasteiger partial charge in [0, 0.05) is 35.4 Å². The normalized spacial score (nSPS) is 16.3. The van der Waals surface area contributed by atoms with Crippen molar-refractivity contribution in [1.29, 1.82) is 0 Å². The Labute approximate surface area is 132 Å². The number of hydrogen-bond donors (Lipinski definition) is 1. The molecule has 120 valence electrons. The van der Waals surface area contributed by atoms with Gasteiger partial charge in [-0.1, -0.05) is 13.8 Å². The van der Waals surface area contributed by atoms with Gasteiger partial charge in [0.15, 0.2) is 0 Å². The topological polar surface area (TPSA) is 49.4 Å². The second kappa shape index (κ2) is 6.77. The summed E-state index contributed by atoms with van der Waals surface area (Å²) in [7, 11) is -3.36. The minimum absolute atomic E-state index is 0.00717. The van der Waals surface area contributed by atoms with Crippen molar-refractivity contribution in [3.05, 3.63) is 16.3 Å². The summed E-state index contributed by atoms with van der Waals surface area (Å²) in [5.41, 5.74) is 0. The zero-order chi connectivity index (χ0) is 15.6. The van der Waals surface area contributed by atoms with Gasteiger partial charge in [0.2, 0.25) is 10.0 Å². The summed E-state index contributed by atoms with van der Waals surface area (Å²) >= 11 is 1.51. The average molecular weight is 331 g/mol. The predicted molar refractivity (Wildman–Crippen MR) is 88.0 cm³/mol. The quantitative estimate of drug-likeness (QED) is 0.797. The van der Waals surface area contributed by atoms with Crippen molar-refractivity contribution in [2.24, 2.45) is 5.92 Å². The van der Waals surface area contributed by atoms with Crippen LogP contribution in [-0.4, -0.2) is 31.4 Å². The molecule has 0 bridgehead atoms. The molecule has 1 aliphatic rings. The number of thiophene rings is 1. The molecule has 4 nitrogen and oxygen atoms in total. The van der Waals surface area contributed by atoms with Gasteiger partial charge in [-0.05, 0) is 38.7 Å². The monoisotopic (exact) mass is 330 g/mol. The molecule has 1 aliphatic carbocycles. The first kappa shape index (κ1) is 16.9. The number of sulfonamides is 1. The Morgan fingerprint density at radius 2 is 2.00 bits per heavy atom. The summed E-state index contributed by atoms with van der Waals surface area (Å²) in [6.45, 7) is 9.46. The lowest BCUT2D eigenvalue weighted by Crippen LogP contribution is -2.38. The summed E-state index contributed by atoms with van der Waals surface area (Å²) in [6.07, 6.45) is 2.32. The van der Waals surface area contributed by atoms with Gasteiger partial charge in [0.1, 0.15) is 0 Å². The first-order valence-electron chi connectivity index (χ1n) is 7.63. The Bertz CT molecular complexity index is 560. The van der Waals surface area contributed by atoms with Crippen LogP contribution in [0.4, 0.5) is 0 Å². The van der Waals surface area contributed by atoms with Crippen molar-refractivity contribution >= 4 is 21.4 Å². The van der Waals surface area contributed by atoms with Crippen LogP contribution < -0.4 is 5.32 Å². The van der Waals surface area contributed by atoms with Crippen LogP contribution in [0.2, 0.25) is 0 Å². The van der Waals surface area contributed by atoms with Gasteiger partial charge in [-0.2, -0.15) is 4.31 Å². The van der Waals surface area contributed by atoms with E-state index in [-0.39, 0.29) is 6.04 Å². The van der Waals surface area contributed by atoms with Crippen LogP contribution in [0.1, 0.15) is 45.4 Å². The third kappa shape index (κ3) is 4.52. The molecule has 0 amide bonds. The third-order valence-corrected chi connectivity index (χ3v) is 6.74. The van der Waals surface area contributed by atoms with E-state index in [0.717, 1.165) is 24.3 Å². The zero-order valence-electron chi connectivity index (χ0n) is 13.3. The highest BCUT2D eigenvalue weighted by atomic mass is 32.2. The molecule has 0 spiro atoms. The fourth-order valence-corrected chi connectivity index (χ4v) is 5.10. The van der Waals surface area contributed by atoms with E-state index in [1.165, 1.54) is 11.3 Å². The molecule has 0 aromatic carbocycles. The molecule has 21 heavy (non-hydrogen) atoms. The highest BCUT2D eigenvalue weighted by Gasteiger charge is 2.33. The third-order valence-electron chi connectivity index (χ3n) is 3.63. The molecule has 1 fully saturated rings. The Kier molecular flexibility index (Phi) is 5.46. The molecule has 0 radical (unpaired) electrons. The van der Waals surface area contributed by atoms with E-state index in [0.29, 0.717) is 23.4 Å². The molecule has 1 aromatic heterocycles. The molecule has 2 rings (SSSR count). The highest BCUT2D eigenvalue weighted by molar-refractivity contribution is 7.89. The number of rotatable bonds is 8. The van der Waals surface area contributed by atoms with Crippen LogP contribution in [0, 0.1) is 5.92 Å². The minimum Gasteiger partial charge on any atom is -0.310 e. The molecule has 1 N–H and O–H groups in total. The molecule has 6 heteroatoms. The van der Waals surface area contributed by atoms with E-state index in [9.17, 15) is 8.42 Å². The molecule has 1 saturated carbocycles. The first-order valence-corrected chi connectivity index (χ1v) is 9.95. The predicted octanol–water partition coefficient (Wildman–Crippen LogP) is 3.06. The Morgan fingerprint density at radius 1 is 1.33 bits per heavy atom. The van der Waals surface area contributed by atoms with E-state index >= 15 is 0 Å². The van der Waals surface area contributed by atoms with Crippen LogP contribution >= 0.6 is 11.3 Å². The van der Waals surface area contributed by atoms with Crippen molar-refractivity contribution in [1.82, 2.24) is 9.62 Å². The molecule has 0 saturated heterocycles. The van der Waals surface area contributed by atoms with Crippen molar-refractivity contribution in [2.75, 3.05) is 6.54 Å². The lowest BCUT2D eigenvalue weighted by molar-refractivity contribution is 0.342. The summed E-state index contributed by atoms with van der Waals surface area (Å²) < 4.78 is 27.3. The van der Waals surface area contributed by atoms with Crippen molar-refractivity contribution in [3.63, 3.8) is 0 Å². The van der Waals surface area contributed by atoms with Crippen LogP contribution in [0.15, 0.2) is 16.3 Å². The molecule has 1 aromatic rings. The summed E-state index contributed by atoms with van der Waals surface area (Å²) in [5.74, 6) is 0.558. The van der Waals surface area contributed by atoms with Gasteiger partial charge >= 0.3 is 0 Å². The minimum atomic E-state index is -3.36. The Balaban J connectivity index is 2.13. The largest absolute Gasteiger partial charge is 0.310 e. The molecular formula is C15H26N2O2S2. The van der Waals surface area contributed by atoms with Crippen LogP contribution in [0.5, 0.6) is 0 Å². The molecule has 0 atom stereocenters. The molecule has 0 aliphatic heterocycles. The standard InChI is InChI=1S/C15H26N2O2S2/c1-11(2)16-8-14-7-15(10-20-14)21(18,19)17(12(3)4)9-13-5-6-13/h7,10-13,16H,5-6,8-9H2,1-4H3. The van der Waals surface area contributed by atoms with E-state index in [2.05, 4.69) is 19.2 Å². The number of nitrogens with zero attached hydrogens (tertiary/aromatic N) is 1. The maximum absolute atomic E-state index is 12.8. The van der Waals surface area contributed by atoms with Gasteiger partial charge in [-0.15, -0.1) is 11.3 Å². The second-order valence-electron chi connectivity index (χ2n) is 6.40. The van der Waals surface area contributed by atoms with Gasteiger partial charge < -0.3 is 5.32 Å². The Hall–Kier alpha value is -0.430. The van der Waals surface area contributed by atoms with Crippen LogP contribution in [0.25, 0.3) is 0 Å². The lowest BCUT2D eigenvalue weighted by Gasteiger charge is -2.25. The molecule has 0 unspecified atom stereocenters. The number of hydrogen-bond acceptors (Lipinski definition) is 4.